The summed E-state index contributed by atoms with van der Waals surface area (Å²) in [4.78, 5) is 9.43. The second-order valence-corrected chi connectivity index (χ2v) is 11.8. The van der Waals surface area contributed by atoms with Crippen molar-refractivity contribution in [2.45, 2.75) is 148 Å². The van der Waals surface area contributed by atoms with Crippen LogP contribution in [0, 0.1) is 0 Å². The third-order valence-electron chi connectivity index (χ3n) is 6.52. The SMILES string of the molecule is CCCCCCCCCCCCCCCCCCCCCCOCC(O)COP(=O)(O)OCC(O)CO. The number of aliphatic hydroxyl groups is 3. The molecule has 3 unspecified atom stereocenters. The van der Waals surface area contributed by atoms with Gasteiger partial charge in [-0.2, -0.15) is 0 Å². The van der Waals surface area contributed by atoms with Crippen LogP contribution in [-0.4, -0.2) is 65.5 Å². The Morgan fingerprint density at radius 3 is 1.30 bits per heavy atom. The molecule has 0 fully saturated rings. The Morgan fingerprint density at radius 1 is 0.568 bits per heavy atom. The summed E-state index contributed by atoms with van der Waals surface area (Å²) in [7, 11) is -4.38. The van der Waals surface area contributed by atoms with E-state index in [1.807, 2.05) is 0 Å². The van der Waals surface area contributed by atoms with Crippen molar-refractivity contribution in [2.24, 2.45) is 0 Å². The monoisotopic (exact) mass is 554 g/mol. The Morgan fingerprint density at radius 2 is 0.919 bits per heavy atom. The Kier molecular flexibility index (Phi) is 27.5. The van der Waals surface area contributed by atoms with Gasteiger partial charge in [-0.25, -0.2) is 4.57 Å². The van der Waals surface area contributed by atoms with E-state index < -0.39 is 39.9 Å². The third-order valence-corrected chi connectivity index (χ3v) is 7.47. The van der Waals surface area contributed by atoms with E-state index in [4.69, 9.17) is 14.9 Å². The van der Waals surface area contributed by atoms with Crippen LogP contribution in [0.4, 0.5) is 0 Å². The lowest BCUT2D eigenvalue weighted by atomic mass is 10.0. The van der Waals surface area contributed by atoms with Crippen LogP contribution in [0.2, 0.25) is 0 Å². The number of rotatable bonds is 30. The number of hydrogen-bond donors (Lipinski definition) is 4. The fraction of sp³-hybridized carbons (Fsp3) is 1.00. The molecule has 0 heterocycles. The summed E-state index contributed by atoms with van der Waals surface area (Å²) in [5.74, 6) is 0. The van der Waals surface area contributed by atoms with Crippen molar-refractivity contribution in [3.05, 3.63) is 0 Å². The minimum Gasteiger partial charge on any atom is -0.394 e. The first kappa shape index (κ1) is 37.0. The molecular formula is C28H59O8P. The van der Waals surface area contributed by atoms with Crippen molar-refractivity contribution in [2.75, 3.05) is 33.0 Å². The van der Waals surface area contributed by atoms with Crippen molar-refractivity contribution >= 4 is 7.82 Å². The minimum absolute atomic E-state index is 0.0123. The molecule has 0 radical (unpaired) electrons. The first-order valence-corrected chi connectivity index (χ1v) is 16.6. The van der Waals surface area contributed by atoms with Gasteiger partial charge in [-0.15, -0.1) is 0 Å². The van der Waals surface area contributed by atoms with Crippen LogP contribution in [0.25, 0.3) is 0 Å². The van der Waals surface area contributed by atoms with E-state index >= 15 is 0 Å². The largest absolute Gasteiger partial charge is 0.472 e. The lowest BCUT2D eigenvalue weighted by molar-refractivity contribution is -0.00437. The summed E-state index contributed by atoms with van der Waals surface area (Å²) >= 11 is 0. The smallest absolute Gasteiger partial charge is 0.394 e. The van der Waals surface area contributed by atoms with Gasteiger partial charge in [-0.1, -0.05) is 129 Å². The predicted molar refractivity (Wildman–Crippen MR) is 150 cm³/mol. The fourth-order valence-electron chi connectivity index (χ4n) is 4.18. The lowest BCUT2D eigenvalue weighted by Crippen LogP contribution is -2.23. The minimum atomic E-state index is -4.38. The van der Waals surface area contributed by atoms with Crippen LogP contribution in [0.3, 0.4) is 0 Å². The van der Waals surface area contributed by atoms with Crippen molar-refractivity contribution in [1.82, 2.24) is 0 Å². The topological polar surface area (TPSA) is 126 Å². The molecule has 0 aliphatic carbocycles. The standard InChI is InChI=1S/C28H59O8P/c1-2-3-4-5-6-7-8-9-10-11-12-13-14-15-16-17-18-19-20-21-22-34-24-28(31)26-36-37(32,33)35-25-27(30)23-29/h27-31H,2-26H2,1H3,(H,32,33). The van der Waals surface area contributed by atoms with Crippen molar-refractivity contribution in [1.29, 1.82) is 0 Å². The maximum atomic E-state index is 11.6. The molecule has 0 saturated heterocycles. The number of unbranched alkanes of at least 4 members (excludes halogenated alkanes) is 19. The molecule has 8 nitrogen and oxygen atoms in total. The van der Waals surface area contributed by atoms with Gasteiger partial charge in [0.15, 0.2) is 0 Å². The molecule has 0 aliphatic rings. The Bertz CT molecular complexity index is 509. The highest BCUT2D eigenvalue weighted by Gasteiger charge is 2.24. The van der Waals surface area contributed by atoms with Crippen LogP contribution >= 0.6 is 7.82 Å². The number of hydrogen-bond acceptors (Lipinski definition) is 7. The van der Waals surface area contributed by atoms with Gasteiger partial charge in [-0.05, 0) is 6.42 Å². The fourth-order valence-corrected chi connectivity index (χ4v) is 4.97. The van der Waals surface area contributed by atoms with E-state index in [2.05, 4.69) is 16.0 Å². The van der Waals surface area contributed by atoms with E-state index in [-0.39, 0.29) is 6.61 Å². The molecule has 37 heavy (non-hydrogen) atoms. The van der Waals surface area contributed by atoms with E-state index in [1.54, 1.807) is 0 Å². The summed E-state index contributed by atoms with van der Waals surface area (Å²) < 4.78 is 26.1. The average Bonchev–Trinajstić information content (AvgIpc) is 2.89. The lowest BCUT2D eigenvalue weighted by Gasteiger charge is -2.16. The van der Waals surface area contributed by atoms with E-state index in [1.165, 1.54) is 116 Å². The number of phosphoric acid groups is 1. The molecule has 9 heteroatoms. The summed E-state index contributed by atoms with van der Waals surface area (Å²) in [6.45, 7) is 1.29. The first-order valence-electron chi connectivity index (χ1n) is 15.1. The number of phosphoric ester groups is 1. The Labute approximate surface area is 227 Å². The van der Waals surface area contributed by atoms with Gasteiger partial charge >= 0.3 is 7.82 Å². The maximum absolute atomic E-state index is 11.6. The predicted octanol–water partition coefficient (Wildman–Crippen LogP) is 6.67. The number of aliphatic hydroxyl groups excluding tert-OH is 3. The molecule has 0 amide bonds. The van der Waals surface area contributed by atoms with Gasteiger partial charge in [0, 0.05) is 6.61 Å². The van der Waals surface area contributed by atoms with Gasteiger partial charge < -0.3 is 24.9 Å². The average molecular weight is 555 g/mol. The van der Waals surface area contributed by atoms with Crippen LogP contribution < -0.4 is 0 Å². The molecule has 0 spiro atoms. The van der Waals surface area contributed by atoms with Crippen LogP contribution in [0.5, 0.6) is 0 Å². The van der Waals surface area contributed by atoms with Gasteiger partial charge in [0.05, 0.1) is 26.4 Å². The Balaban J connectivity index is 3.28. The highest BCUT2D eigenvalue weighted by Crippen LogP contribution is 2.43. The third kappa shape index (κ3) is 28.8. The van der Waals surface area contributed by atoms with Crippen LogP contribution in [0.15, 0.2) is 0 Å². The molecule has 0 saturated carbocycles. The van der Waals surface area contributed by atoms with Crippen molar-refractivity contribution in [3.8, 4) is 0 Å². The van der Waals surface area contributed by atoms with E-state index in [0.29, 0.717) is 6.61 Å². The molecule has 0 aromatic rings. The summed E-state index contributed by atoms with van der Waals surface area (Å²) in [6.07, 6.45) is 24.5. The molecule has 0 rings (SSSR count). The van der Waals surface area contributed by atoms with Crippen LogP contribution in [-0.2, 0) is 18.3 Å². The molecule has 0 bridgehead atoms. The highest BCUT2D eigenvalue weighted by molar-refractivity contribution is 7.47. The molecule has 3 atom stereocenters. The zero-order valence-electron chi connectivity index (χ0n) is 23.7. The molecular weight excluding hydrogens is 495 g/mol. The molecule has 0 aromatic heterocycles. The summed E-state index contributed by atoms with van der Waals surface area (Å²) in [5.41, 5.74) is 0. The summed E-state index contributed by atoms with van der Waals surface area (Å²) in [5, 5.41) is 27.5. The highest BCUT2D eigenvalue weighted by atomic mass is 31.2. The summed E-state index contributed by atoms with van der Waals surface area (Å²) in [6, 6.07) is 0. The second kappa shape index (κ2) is 27.5. The van der Waals surface area contributed by atoms with Gasteiger partial charge in [-0.3, -0.25) is 9.05 Å². The quantitative estimate of drug-likeness (QED) is 0.0573. The molecule has 224 valence electrons. The maximum Gasteiger partial charge on any atom is 0.472 e. The Hall–Kier alpha value is -0.0500. The molecule has 0 aliphatic heterocycles. The van der Waals surface area contributed by atoms with E-state index in [0.717, 1.165) is 12.8 Å². The number of ether oxygens (including phenoxy) is 1. The molecule has 0 aromatic carbocycles. The van der Waals surface area contributed by atoms with Crippen molar-refractivity contribution < 1.29 is 38.6 Å². The zero-order valence-corrected chi connectivity index (χ0v) is 24.6. The first-order chi connectivity index (χ1) is 17.9. The zero-order chi connectivity index (χ0) is 27.5. The van der Waals surface area contributed by atoms with Gasteiger partial charge in [0.25, 0.3) is 0 Å². The van der Waals surface area contributed by atoms with Gasteiger partial charge in [0.2, 0.25) is 0 Å². The van der Waals surface area contributed by atoms with Crippen LogP contribution in [0.1, 0.15) is 135 Å². The van der Waals surface area contributed by atoms with Gasteiger partial charge in [0.1, 0.15) is 12.2 Å². The second-order valence-electron chi connectivity index (χ2n) is 10.3. The van der Waals surface area contributed by atoms with E-state index in [9.17, 15) is 14.6 Å². The molecule has 4 N–H and O–H groups in total. The van der Waals surface area contributed by atoms with Crippen molar-refractivity contribution in [3.63, 3.8) is 0 Å². The normalized spacial score (nSPS) is 15.1.